The van der Waals surface area contributed by atoms with Crippen molar-refractivity contribution in [1.29, 1.82) is 0 Å². The molecule has 0 unspecified atom stereocenters. The Morgan fingerprint density at radius 2 is 1.76 bits per heavy atom. The van der Waals surface area contributed by atoms with Gasteiger partial charge in [-0.15, -0.1) is 0 Å². The van der Waals surface area contributed by atoms with Crippen LogP contribution in [-0.2, 0) is 28.7 Å². The molecule has 49 heavy (non-hydrogen) atoms. The van der Waals surface area contributed by atoms with Gasteiger partial charge in [-0.3, -0.25) is 14.5 Å². The molecule has 266 valence electrons. The summed E-state index contributed by atoms with van der Waals surface area (Å²) in [6.07, 6.45) is -2.34. The van der Waals surface area contributed by atoms with E-state index in [1.54, 1.807) is 30.0 Å². The number of benzene rings is 3. The Morgan fingerprint density at radius 1 is 1.04 bits per heavy atom. The summed E-state index contributed by atoms with van der Waals surface area (Å²) in [5.41, 5.74) is 1.66. The lowest BCUT2D eigenvalue weighted by Crippen LogP contribution is -2.47. The van der Waals surface area contributed by atoms with E-state index in [0.717, 1.165) is 42.5 Å². The average molecular weight is 684 g/mol. The fourth-order valence-corrected chi connectivity index (χ4v) is 5.93. The van der Waals surface area contributed by atoms with Crippen molar-refractivity contribution in [2.24, 2.45) is 5.92 Å². The maximum Gasteiger partial charge on any atom is 0.416 e. The number of nitrogens with one attached hydrogen (secondary N) is 1. The molecule has 3 aromatic rings. The first kappa shape index (κ1) is 37.9. The summed E-state index contributed by atoms with van der Waals surface area (Å²) in [5, 5.41) is 13.1. The van der Waals surface area contributed by atoms with Gasteiger partial charge in [0.25, 0.3) is 5.91 Å². The van der Waals surface area contributed by atoms with Gasteiger partial charge in [-0.05, 0) is 81.6 Å². The highest BCUT2D eigenvalue weighted by atomic mass is 19.4. The summed E-state index contributed by atoms with van der Waals surface area (Å²) in [6, 6.07) is 19.1. The van der Waals surface area contributed by atoms with Gasteiger partial charge in [0.2, 0.25) is 5.91 Å². The van der Waals surface area contributed by atoms with Crippen LogP contribution in [0.2, 0.25) is 0 Å². The molecule has 1 aliphatic rings. The minimum Gasteiger partial charge on any atom is -0.490 e. The first-order chi connectivity index (χ1) is 23.3. The van der Waals surface area contributed by atoms with Gasteiger partial charge >= 0.3 is 6.18 Å². The molecule has 0 saturated heterocycles. The minimum absolute atomic E-state index is 0.173. The Kier molecular flexibility index (Phi) is 13.6. The Balaban J connectivity index is 1.56. The highest BCUT2D eigenvalue weighted by Gasteiger charge is 2.32. The van der Waals surface area contributed by atoms with Crippen LogP contribution in [0.5, 0.6) is 5.75 Å². The van der Waals surface area contributed by atoms with Gasteiger partial charge in [0, 0.05) is 37.8 Å². The molecule has 2 N–H and O–H groups in total. The number of alkyl halides is 3. The number of nitrogens with zero attached hydrogens (tertiary/aromatic N) is 2. The van der Waals surface area contributed by atoms with E-state index in [4.69, 9.17) is 9.47 Å². The Bertz CT molecular complexity index is 1500. The number of halogens is 3. The highest BCUT2D eigenvalue weighted by molar-refractivity contribution is 6.00. The third-order valence-electron chi connectivity index (χ3n) is 8.77. The van der Waals surface area contributed by atoms with Crippen LogP contribution in [0.3, 0.4) is 0 Å². The van der Waals surface area contributed by atoms with Crippen LogP contribution in [0.25, 0.3) is 0 Å². The second kappa shape index (κ2) is 17.6. The summed E-state index contributed by atoms with van der Waals surface area (Å²) >= 11 is 0. The number of anilines is 1. The third-order valence-corrected chi connectivity index (χ3v) is 8.77. The van der Waals surface area contributed by atoms with Crippen LogP contribution in [-0.4, -0.2) is 78.3 Å². The molecule has 0 aliphatic carbocycles. The molecule has 0 spiro atoms. The maximum absolute atomic E-state index is 14.3. The topological polar surface area (TPSA) is 91.3 Å². The number of aliphatic hydroxyl groups excluding tert-OH is 1. The number of carbonyl (C=O) groups excluding carboxylic acids is 2. The van der Waals surface area contributed by atoms with Gasteiger partial charge in [-0.2, -0.15) is 13.2 Å². The average Bonchev–Trinajstić information content (AvgIpc) is 3.06. The standard InChI is InChI=1S/C38H48F3N3O5/c1-26-22-44(27(2)25-45)37(47)33-21-32(42-36(46)20-29-11-6-5-7-12-29)17-18-34(33)49-28(3)10-8-9-19-48-35(26)24-43(4)23-30-13-15-31(16-14-30)38(39,40)41/h5-7,11-18,21,26-28,35,45H,8-10,19-20,22-25H2,1-4H3,(H,42,46)/t26-,27-,28-,35+/m1/s1. The van der Waals surface area contributed by atoms with E-state index in [-0.39, 0.29) is 55.1 Å². The van der Waals surface area contributed by atoms with Gasteiger partial charge in [0.1, 0.15) is 5.75 Å². The molecular weight excluding hydrogens is 635 g/mol. The summed E-state index contributed by atoms with van der Waals surface area (Å²) in [7, 11) is 1.89. The summed E-state index contributed by atoms with van der Waals surface area (Å²) in [6.45, 7) is 7.11. The normalized spacial score (nSPS) is 20.2. The van der Waals surface area contributed by atoms with Crippen LogP contribution in [0, 0.1) is 5.92 Å². The fraction of sp³-hybridized carbons (Fsp3) is 0.474. The largest absolute Gasteiger partial charge is 0.490 e. The van der Waals surface area contributed by atoms with E-state index in [0.29, 0.717) is 31.1 Å². The summed E-state index contributed by atoms with van der Waals surface area (Å²) < 4.78 is 51.9. The number of aliphatic hydroxyl groups is 1. The second-order valence-corrected chi connectivity index (χ2v) is 13.1. The van der Waals surface area contributed by atoms with Crippen molar-refractivity contribution in [3.05, 3.63) is 95.1 Å². The number of hydrogen-bond acceptors (Lipinski definition) is 6. The number of hydrogen-bond donors (Lipinski definition) is 2. The van der Waals surface area contributed by atoms with Crippen molar-refractivity contribution in [3.8, 4) is 5.75 Å². The molecule has 1 aliphatic heterocycles. The molecule has 4 rings (SSSR count). The molecule has 0 aromatic heterocycles. The number of rotatable bonds is 9. The Hall–Kier alpha value is -3.93. The zero-order valence-electron chi connectivity index (χ0n) is 28.7. The number of likely N-dealkylation sites (N-methyl/N-ethyl adjacent to an activating group) is 1. The molecule has 3 aromatic carbocycles. The second-order valence-electron chi connectivity index (χ2n) is 13.1. The van der Waals surface area contributed by atoms with E-state index in [9.17, 15) is 27.9 Å². The van der Waals surface area contributed by atoms with Gasteiger partial charge in [-0.25, -0.2) is 0 Å². The molecule has 11 heteroatoms. The van der Waals surface area contributed by atoms with E-state index in [2.05, 4.69) is 5.32 Å². The monoisotopic (exact) mass is 683 g/mol. The van der Waals surface area contributed by atoms with Crippen LogP contribution >= 0.6 is 0 Å². The molecule has 8 nitrogen and oxygen atoms in total. The summed E-state index contributed by atoms with van der Waals surface area (Å²) in [4.78, 5) is 30.9. The van der Waals surface area contributed by atoms with Crippen molar-refractivity contribution < 1.29 is 37.3 Å². The van der Waals surface area contributed by atoms with Crippen LogP contribution in [0.15, 0.2) is 72.8 Å². The van der Waals surface area contributed by atoms with Crippen molar-refractivity contribution in [1.82, 2.24) is 9.80 Å². The number of ether oxygens (including phenoxy) is 2. The molecule has 0 saturated carbocycles. The van der Waals surface area contributed by atoms with Crippen LogP contribution in [0.4, 0.5) is 18.9 Å². The first-order valence-electron chi connectivity index (χ1n) is 16.9. The predicted molar refractivity (Wildman–Crippen MR) is 183 cm³/mol. The van der Waals surface area contributed by atoms with Gasteiger partial charge in [0.05, 0.1) is 42.4 Å². The van der Waals surface area contributed by atoms with Crippen LogP contribution in [0.1, 0.15) is 67.1 Å². The SMILES string of the molecule is C[C@@H]1CCCCO[C@@H](CN(C)Cc2ccc(C(F)(F)F)cc2)[C@H](C)CN([C@H](C)CO)C(=O)c2cc(NC(=O)Cc3ccccc3)ccc2O1. The third kappa shape index (κ3) is 11.3. The first-order valence-corrected chi connectivity index (χ1v) is 16.9. The molecule has 2 amide bonds. The van der Waals surface area contributed by atoms with Crippen molar-refractivity contribution in [3.63, 3.8) is 0 Å². The number of amides is 2. The molecular formula is C38H48F3N3O5. The maximum atomic E-state index is 14.3. The number of carbonyl (C=O) groups is 2. The Morgan fingerprint density at radius 3 is 2.43 bits per heavy atom. The van der Waals surface area contributed by atoms with E-state index in [1.807, 2.05) is 56.1 Å². The molecule has 1 heterocycles. The predicted octanol–water partition coefficient (Wildman–Crippen LogP) is 6.81. The van der Waals surface area contributed by atoms with Crippen molar-refractivity contribution >= 4 is 17.5 Å². The fourth-order valence-electron chi connectivity index (χ4n) is 5.93. The molecule has 0 fully saturated rings. The molecule has 4 atom stereocenters. The molecule has 0 radical (unpaired) electrons. The number of fused-ring (bicyclic) bond motifs is 1. The van der Waals surface area contributed by atoms with Gasteiger partial charge < -0.3 is 24.8 Å². The van der Waals surface area contributed by atoms with Gasteiger partial charge in [-0.1, -0.05) is 49.4 Å². The minimum atomic E-state index is -4.39. The highest BCUT2D eigenvalue weighted by Crippen LogP contribution is 2.30. The van der Waals surface area contributed by atoms with E-state index < -0.39 is 17.8 Å². The van der Waals surface area contributed by atoms with E-state index >= 15 is 0 Å². The Labute approximate surface area is 287 Å². The quantitative estimate of drug-likeness (QED) is 0.258. The van der Waals surface area contributed by atoms with Gasteiger partial charge in [0.15, 0.2) is 0 Å². The van der Waals surface area contributed by atoms with Crippen molar-refractivity contribution in [2.45, 2.75) is 77.4 Å². The lowest BCUT2D eigenvalue weighted by atomic mass is 10.0. The van der Waals surface area contributed by atoms with Crippen LogP contribution < -0.4 is 10.1 Å². The van der Waals surface area contributed by atoms with Crippen molar-refractivity contribution in [2.75, 3.05) is 38.7 Å². The zero-order valence-corrected chi connectivity index (χ0v) is 28.7. The smallest absolute Gasteiger partial charge is 0.416 e. The summed E-state index contributed by atoms with van der Waals surface area (Å²) in [5.74, 6) is -0.331. The molecule has 0 bridgehead atoms. The zero-order chi connectivity index (χ0) is 35.6. The lowest BCUT2D eigenvalue weighted by molar-refractivity contribution is -0.137. The lowest BCUT2D eigenvalue weighted by Gasteiger charge is -2.36. The van der Waals surface area contributed by atoms with E-state index in [1.165, 1.54) is 12.1 Å².